The fraction of sp³-hybridized carbons (Fsp3) is 0.500. The molecular formula is C22H26N4O6. The van der Waals surface area contributed by atoms with Crippen molar-refractivity contribution in [3.8, 4) is 11.5 Å². The number of nitrogens with one attached hydrogen (secondary N) is 1. The summed E-state index contributed by atoms with van der Waals surface area (Å²) in [5.41, 5.74) is 0.798. The van der Waals surface area contributed by atoms with Crippen molar-refractivity contribution < 1.29 is 23.8 Å². The number of rotatable bonds is 7. The minimum atomic E-state index is -0.343. The Morgan fingerprint density at radius 2 is 1.97 bits per heavy atom. The summed E-state index contributed by atoms with van der Waals surface area (Å²) >= 11 is 0. The Kier molecular flexibility index (Phi) is 6.67. The van der Waals surface area contributed by atoms with Gasteiger partial charge in [-0.25, -0.2) is 0 Å². The number of hydrogen-bond donors (Lipinski definition) is 1. The van der Waals surface area contributed by atoms with Gasteiger partial charge >= 0.3 is 5.97 Å². The van der Waals surface area contributed by atoms with Gasteiger partial charge in [-0.1, -0.05) is 6.07 Å². The zero-order chi connectivity index (χ0) is 22.5. The lowest BCUT2D eigenvalue weighted by molar-refractivity contribution is -0.151. The number of fused-ring (bicyclic) bond motifs is 1. The van der Waals surface area contributed by atoms with E-state index in [9.17, 15) is 14.4 Å². The van der Waals surface area contributed by atoms with E-state index < -0.39 is 0 Å². The van der Waals surface area contributed by atoms with E-state index in [0.29, 0.717) is 56.3 Å². The lowest BCUT2D eigenvalue weighted by atomic mass is 9.96. The summed E-state index contributed by atoms with van der Waals surface area (Å²) in [5.74, 6) is 1.40. The zero-order valence-corrected chi connectivity index (χ0v) is 18.0. The molecule has 170 valence electrons. The predicted octanol–water partition coefficient (Wildman–Crippen LogP) is 1.22. The molecule has 3 heterocycles. The molecule has 0 spiro atoms. The van der Waals surface area contributed by atoms with Crippen molar-refractivity contribution in [1.82, 2.24) is 20.1 Å². The van der Waals surface area contributed by atoms with Crippen LogP contribution in [0.25, 0.3) is 0 Å². The highest BCUT2D eigenvalue weighted by Crippen LogP contribution is 2.32. The number of aromatic amines is 1. The fourth-order valence-electron chi connectivity index (χ4n) is 3.89. The molecule has 10 nitrogen and oxygen atoms in total. The zero-order valence-electron chi connectivity index (χ0n) is 18.0. The number of piperidine rings is 1. The van der Waals surface area contributed by atoms with Crippen LogP contribution in [0.1, 0.15) is 43.3 Å². The third-order valence-corrected chi connectivity index (χ3v) is 5.66. The summed E-state index contributed by atoms with van der Waals surface area (Å²) < 4.78 is 15.7. The number of ether oxygens (including phenoxy) is 3. The molecule has 0 bridgehead atoms. The number of H-pyrrole nitrogens is 1. The maximum absolute atomic E-state index is 12.5. The Hall–Kier alpha value is -3.43. The molecule has 2 aromatic rings. The lowest BCUT2D eigenvalue weighted by Gasteiger charge is -2.30. The van der Waals surface area contributed by atoms with E-state index in [0.717, 1.165) is 5.56 Å². The second-order valence-corrected chi connectivity index (χ2v) is 7.82. The number of nitrogens with zero attached hydrogens (tertiary/aromatic N) is 3. The number of benzene rings is 1. The Bertz CT molecular complexity index is 1040. The first-order chi connectivity index (χ1) is 15.5. The second-order valence-electron chi connectivity index (χ2n) is 7.82. The minimum absolute atomic E-state index is 0.0575. The van der Waals surface area contributed by atoms with Crippen LogP contribution in [0.5, 0.6) is 11.5 Å². The average molecular weight is 442 g/mol. The van der Waals surface area contributed by atoms with Gasteiger partial charge in [0.1, 0.15) is 11.5 Å². The van der Waals surface area contributed by atoms with E-state index in [-0.39, 0.29) is 48.7 Å². The number of carbonyl (C=O) groups excluding carboxylic acids is 2. The van der Waals surface area contributed by atoms with Crippen molar-refractivity contribution in [2.75, 3.05) is 26.5 Å². The number of hydrogen-bond acceptors (Lipinski definition) is 8. The minimum Gasteiger partial charge on any atom is -0.466 e. The number of aromatic nitrogens is 3. The molecule has 1 amide bonds. The van der Waals surface area contributed by atoms with E-state index >= 15 is 0 Å². The lowest BCUT2D eigenvalue weighted by Crippen LogP contribution is -2.40. The SMILES string of the molecule is CCOC(=O)C1CCN(C(=O)CCc2nnc(Cc3ccc4c(c3)OCO4)[nH]c2=O)CC1. The Labute approximate surface area is 184 Å². The molecule has 2 aliphatic heterocycles. The Balaban J connectivity index is 1.28. The molecule has 0 radical (unpaired) electrons. The van der Waals surface area contributed by atoms with Gasteiger partial charge in [0, 0.05) is 32.4 Å². The molecule has 1 saturated heterocycles. The molecule has 1 fully saturated rings. The molecule has 1 aromatic heterocycles. The van der Waals surface area contributed by atoms with Crippen LogP contribution in [0.3, 0.4) is 0 Å². The number of esters is 1. The molecule has 1 N–H and O–H groups in total. The third-order valence-electron chi connectivity index (χ3n) is 5.66. The highest BCUT2D eigenvalue weighted by molar-refractivity contribution is 5.77. The molecule has 2 aliphatic rings. The Morgan fingerprint density at radius 3 is 2.72 bits per heavy atom. The van der Waals surface area contributed by atoms with Crippen LogP contribution in [0.4, 0.5) is 0 Å². The first kappa shape index (κ1) is 21.8. The monoisotopic (exact) mass is 442 g/mol. The van der Waals surface area contributed by atoms with Gasteiger partial charge in [0.15, 0.2) is 11.5 Å². The standard InChI is InChI=1S/C22H26N4O6/c1-2-30-22(29)15-7-9-26(10-8-15)20(27)6-4-16-21(28)23-19(25-24-16)12-14-3-5-17-18(11-14)32-13-31-17/h3,5,11,15H,2,4,6-10,12-13H2,1H3,(H,23,25,28). The largest absolute Gasteiger partial charge is 0.466 e. The summed E-state index contributed by atoms with van der Waals surface area (Å²) in [6.07, 6.45) is 1.97. The van der Waals surface area contributed by atoms with Crippen molar-refractivity contribution >= 4 is 11.9 Å². The number of carbonyl (C=O) groups is 2. The molecule has 0 atom stereocenters. The van der Waals surface area contributed by atoms with Crippen molar-refractivity contribution in [2.45, 2.75) is 39.0 Å². The highest BCUT2D eigenvalue weighted by Gasteiger charge is 2.28. The van der Waals surface area contributed by atoms with Gasteiger partial charge in [-0.3, -0.25) is 14.4 Å². The first-order valence-electron chi connectivity index (χ1n) is 10.8. The number of likely N-dealkylation sites (tertiary alicyclic amines) is 1. The van der Waals surface area contributed by atoms with Crippen molar-refractivity contribution in [2.24, 2.45) is 5.92 Å². The summed E-state index contributed by atoms with van der Waals surface area (Å²) in [6, 6.07) is 5.55. The molecule has 32 heavy (non-hydrogen) atoms. The van der Waals surface area contributed by atoms with Crippen LogP contribution < -0.4 is 15.0 Å². The van der Waals surface area contributed by atoms with Crippen molar-refractivity contribution in [3.63, 3.8) is 0 Å². The molecule has 0 aliphatic carbocycles. The summed E-state index contributed by atoms with van der Waals surface area (Å²) in [6.45, 7) is 3.37. The molecule has 0 unspecified atom stereocenters. The van der Waals surface area contributed by atoms with Gasteiger partial charge in [0.25, 0.3) is 5.56 Å². The van der Waals surface area contributed by atoms with Crippen LogP contribution in [0, 0.1) is 5.92 Å². The molecule has 1 aromatic carbocycles. The van der Waals surface area contributed by atoms with Crippen LogP contribution in [-0.4, -0.2) is 58.4 Å². The predicted molar refractivity (Wildman–Crippen MR) is 112 cm³/mol. The van der Waals surface area contributed by atoms with E-state index in [1.54, 1.807) is 11.8 Å². The third kappa shape index (κ3) is 5.06. The van der Waals surface area contributed by atoms with Crippen LogP contribution >= 0.6 is 0 Å². The normalized spacial score (nSPS) is 15.6. The van der Waals surface area contributed by atoms with Crippen molar-refractivity contribution in [3.05, 3.63) is 45.6 Å². The van der Waals surface area contributed by atoms with E-state index in [4.69, 9.17) is 14.2 Å². The quantitative estimate of drug-likeness (QED) is 0.635. The van der Waals surface area contributed by atoms with Crippen LogP contribution in [0.2, 0.25) is 0 Å². The first-order valence-corrected chi connectivity index (χ1v) is 10.8. The smallest absolute Gasteiger partial charge is 0.309 e. The van der Waals surface area contributed by atoms with Crippen LogP contribution in [-0.2, 0) is 27.2 Å². The molecular weight excluding hydrogens is 416 g/mol. The maximum Gasteiger partial charge on any atom is 0.309 e. The highest BCUT2D eigenvalue weighted by atomic mass is 16.7. The summed E-state index contributed by atoms with van der Waals surface area (Å²) in [7, 11) is 0. The van der Waals surface area contributed by atoms with Gasteiger partial charge < -0.3 is 24.1 Å². The topological polar surface area (TPSA) is 124 Å². The second kappa shape index (κ2) is 9.80. The average Bonchev–Trinajstić information content (AvgIpc) is 3.26. The van der Waals surface area contributed by atoms with E-state index in [2.05, 4.69) is 15.2 Å². The van der Waals surface area contributed by atoms with Gasteiger partial charge in [0.05, 0.1) is 12.5 Å². The molecule has 10 heteroatoms. The van der Waals surface area contributed by atoms with Gasteiger partial charge in [-0.2, -0.15) is 0 Å². The summed E-state index contributed by atoms with van der Waals surface area (Å²) in [5, 5.41) is 8.15. The Morgan fingerprint density at radius 1 is 1.19 bits per heavy atom. The van der Waals surface area contributed by atoms with Crippen LogP contribution in [0.15, 0.2) is 23.0 Å². The molecule has 0 saturated carbocycles. The van der Waals surface area contributed by atoms with Gasteiger partial charge in [-0.15, -0.1) is 10.2 Å². The van der Waals surface area contributed by atoms with E-state index in [1.165, 1.54) is 0 Å². The van der Waals surface area contributed by atoms with Crippen molar-refractivity contribution in [1.29, 1.82) is 0 Å². The summed E-state index contributed by atoms with van der Waals surface area (Å²) in [4.78, 5) is 41.2. The maximum atomic E-state index is 12.5. The fourth-order valence-corrected chi connectivity index (χ4v) is 3.89. The number of amides is 1. The van der Waals surface area contributed by atoms with E-state index in [1.807, 2.05) is 18.2 Å². The van der Waals surface area contributed by atoms with Gasteiger partial charge in [0.2, 0.25) is 12.7 Å². The van der Waals surface area contributed by atoms with Gasteiger partial charge in [-0.05, 0) is 37.5 Å². The molecule has 4 rings (SSSR count). The number of aryl methyl sites for hydroxylation is 1.